The lowest BCUT2D eigenvalue weighted by Gasteiger charge is -2.41. The molecule has 0 spiro atoms. The number of rotatable bonds is 6. The smallest absolute Gasteiger partial charge is 0.263 e. The van der Waals surface area contributed by atoms with Crippen LogP contribution in [-0.2, 0) is 4.79 Å². The molecule has 1 fully saturated rings. The molecule has 1 aliphatic heterocycles. The second kappa shape index (κ2) is 9.68. The average Bonchev–Trinajstić information content (AvgIpc) is 2.78. The third kappa shape index (κ3) is 5.07. The van der Waals surface area contributed by atoms with Crippen LogP contribution in [0.3, 0.4) is 0 Å². The van der Waals surface area contributed by atoms with E-state index in [9.17, 15) is 9.59 Å². The van der Waals surface area contributed by atoms with Crippen molar-refractivity contribution in [1.82, 2.24) is 15.2 Å². The molecule has 1 aromatic heterocycles. The molecule has 0 radical (unpaired) electrons. The summed E-state index contributed by atoms with van der Waals surface area (Å²) >= 11 is 0. The monoisotopic (exact) mass is 426 g/mol. The first kappa shape index (κ1) is 22.4. The highest BCUT2D eigenvalue weighted by atomic mass is 16.5. The summed E-state index contributed by atoms with van der Waals surface area (Å²) in [6, 6.07) is 8.95. The number of ether oxygens (including phenoxy) is 2. The zero-order chi connectivity index (χ0) is 22.5. The summed E-state index contributed by atoms with van der Waals surface area (Å²) in [6.07, 6.45) is 1.12. The number of aromatic nitrogens is 1. The number of carbonyl (C=O) groups excluding carboxylic acids is 2. The lowest BCUT2D eigenvalue weighted by Crippen LogP contribution is -2.56. The maximum Gasteiger partial charge on any atom is 0.263 e. The molecule has 3 rings (SSSR count). The summed E-state index contributed by atoms with van der Waals surface area (Å²) in [5.74, 6) is 1.46. The predicted molar refractivity (Wildman–Crippen MR) is 119 cm³/mol. The summed E-state index contributed by atoms with van der Waals surface area (Å²) in [5, 5.41) is 2.57. The number of hydrogen-bond donors (Lipinski definition) is 1. The second-order valence-corrected chi connectivity index (χ2v) is 7.72. The third-order valence-electron chi connectivity index (χ3n) is 5.44. The number of anilines is 1. The number of pyridine rings is 1. The Balaban J connectivity index is 1.66. The highest BCUT2D eigenvalue weighted by molar-refractivity contribution is 5.94. The fourth-order valence-electron chi connectivity index (χ4n) is 3.71. The molecular formula is C23H30N4O4. The van der Waals surface area contributed by atoms with Gasteiger partial charge < -0.3 is 24.6 Å². The Morgan fingerprint density at radius 1 is 1.19 bits per heavy atom. The van der Waals surface area contributed by atoms with Gasteiger partial charge in [0.25, 0.3) is 11.8 Å². The molecule has 2 heterocycles. The fourth-order valence-corrected chi connectivity index (χ4v) is 3.71. The summed E-state index contributed by atoms with van der Waals surface area (Å²) < 4.78 is 11.3. The molecule has 8 nitrogen and oxygen atoms in total. The van der Waals surface area contributed by atoms with Crippen LogP contribution in [0.5, 0.6) is 11.5 Å². The van der Waals surface area contributed by atoms with Gasteiger partial charge in [-0.3, -0.25) is 9.59 Å². The average molecular weight is 427 g/mol. The summed E-state index contributed by atoms with van der Waals surface area (Å²) in [5.41, 5.74) is 1.62. The Bertz CT molecular complexity index is 949. The normalized spacial score (nSPS) is 17.1. The molecule has 0 saturated carbocycles. The maximum atomic E-state index is 13.1. The predicted octanol–water partition coefficient (Wildman–Crippen LogP) is 2.26. The highest BCUT2D eigenvalue weighted by Crippen LogP contribution is 2.29. The van der Waals surface area contributed by atoms with Crippen LogP contribution in [0.2, 0.25) is 0 Å². The van der Waals surface area contributed by atoms with Gasteiger partial charge in [0.2, 0.25) is 0 Å². The van der Waals surface area contributed by atoms with E-state index in [-0.39, 0.29) is 17.9 Å². The van der Waals surface area contributed by atoms with E-state index in [1.807, 2.05) is 31.0 Å². The van der Waals surface area contributed by atoms with Crippen LogP contribution in [0, 0.1) is 6.92 Å². The number of aryl methyl sites for hydroxylation is 1. The van der Waals surface area contributed by atoms with Gasteiger partial charge in [0.05, 0.1) is 7.11 Å². The molecule has 166 valence electrons. The van der Waals surface area contributed by atoms with E-state index in [1.54, 1.807) is 32.2 Å². The van der Waals surface area contributed by atoms with Crippen molar-refractivity contribution >= 4 is 17.6 Å². The van der Waals surface area contributed by atoms with E-state index in [2.05, 4.69) is 21.3 Å². The molecule has 1 aromatic carbocycles. The minimum Gasteiger partial charge on any atom is -0.493 e. The van der Waals surface area contributed by atoms with Crippen molar-refractivity contribution in [2.75, 3.05) is 38.7 Å². The summed E-state index contributed by atoms with van der Waals surface area (Å²) in [7, 11) is 3.07. The SMILES string of the molecule is CNC(=O)c1ccc(OC(C)C(=O)N2CCN(c3cc(C)ccn3)C[C@H]2C)c(OC)c1. The number of nitrogens with one attached hydrogen (secondary N) is 1. The van der Waals surface area contributed by atoms with Gasteiger partial charge in [0, 0.05) is 44.5 Å². The van der Waals surface area contributed by atoms with Crippen LogP contribution in [0.25, 0.3) is 0 Å². The Hall–Kier alpha value is -3.29. The fraction of sp³-hybridized carbons (Fsp3) is 0.435. The molecule has 0 aliphatic carbocycles. The zero-order valence-corrected chi connectivity index (χ0v) is 18.7. The standard InChI is InChI=1S/C23H30N4O4/c1-15-8-9-25-21(12-15)26-10-11-27(16(2)14-26)23(29)17(3)31-19-7-6-18(22(28)24-4)13-20(19)30-5/h6-9,12-13,16-17H,10-11,14H2,1-5H3,(H,24,28)/t16-,17?/m1/s1. The first-order valence-corrected chi connectivity index (χ1v) is 10.4. The highest BCUT2D eigenvalue weighted by Gasteiger charge is 2.32. The van der Waals surface area contributed by atoms with Crippen molar-refractivity contribution < 1.29 is 19.1 Å². The molecule has 1 unspecified atom stereocenters. The molecule has 8 heteroatoms. The van der Waals surface area contributed by atoms with E-state index in [0.29, 0.717) is 36.7 Å². The molecule has 1 N–H and O–H groups in total. The molecular weight excluding hydrogens is 396 g/mol. The topological polar surface area (TPSA) is 84.0 Å². The van der Waals surface area contributed by atoms with Crippen LogP contribution in [0.1, 0.15) is 29.8 Å². The van der Waals surface area contributed by atoms with Crippen molar-refractivity contribution in [2.24, 2.45) is 0 Å². The van der Waals surface area contributed by atoms with Crippen LogP contribution in [-0.4, -0.2) is 67.6 Å². The van der Waals surface area contributed by atoms with Crippen molar-refractivity contribution in [3.05, 3.63) is 47.7 Å². The van der Waals surface area contributed by atoms with Crippen LogP contribution < -0.4 is 19.7 Å². The van der Waals surface area contributed by atoms with Gasteiger partial charge in [-0.25, -0.2) is 4.98 Å². The minimum atomic E-state index is -0.689. The van der Waals surface area contributed by atoms with Gasteiger partial charge in [-0.1, -0.05) is 0 Å². The van der Waals surface area contributed by atoms with Gasteiger partial charge in [0.1, 0.15) is 5.82 Å². The summed E-state index contributed by atoms with van der Waals surface area (Å²) in [6.45, 7) is 7.82. The van der Waals surface area contributed by atoms with Gasteiger partial charge >= 0.3 is 0 Å². The molecule has 1 saturated heterocycles. The number of piperazine rings is 1. The van der Waals surface area contributed by atoms with E-state index >= 15 is 0 Å². The lowest BCUT2D eigenvalue weighted by atomic mass is 10.1. The van der Waals surface area contributed by atoms with Gasteiger partial charge in [-0.15, -0.1) is 0 Å². The van der Waals surface area contributed by atoms with Crippen LogP contribution in [0.4, 0.5) is 5.82 Å². The van der Waals surface area contributed by atoms with Crippen molar-refractivity contribution in [1.29, 1.82) is 0 Å². The first-order chi connectivity index (χ1) is 14.8. The molecule has 1 aliphatic rings. The minimum absolute atomic E-state index is 0.0205. The molecule has 2 amide bonds. The Kier molecular flexibility index (Phi) is 6.99. The van der Waals surface area contributed by atoms with E-state index in [1.165, 1.54) is 7.11 Å². The Morgan fingerprint density at radius 3 is 2.61 bits per heavy atom. The Morgan fingerprint density at radius 2 is 1.97 bits per heavy atom. The molecule has 0 bridgehead atoms. The number of hydrogen-bond acceptors (Lipinski definition) is 6. The number of benzene rings is 1. The van der Waals surface area contributed by atoms with E-state index in [0.717, 1.165) is 11.4 Å². The first-order valence-electron chi connectivity index (χ1n) is 10.4. The number of methoxy groups -OCH3 is 1. The number of carbonyl (C=O) groups is 2. The van der Waals surface area contributed by atoms with Crippen molar-refractivity contribution in [3.8, 4) is 11.5 Å². The third-order valence-corrected chi connectivity index (χ3v) is 5.44. The maximum absolute atomic E-state index is 13.1. The quantitative estimate of drug-likeness (QED) is 0.763. The number of amides is 2. The molecule has 2 aromatic rings. The number of nitrogens with zero attached hydrogens (tertiary/aromatic N) is 3. The second-order valence-electron chi connectivity index (χ2n) is 7.72. The van der Waals surface area contributed by atoms with Gasteiger partial charge in [0.15, 0.2) is 17.6 Å². The molecule has 2 atom stereocenters. The van der Waals surface area contributed by atoms with Crippen LogP contribution >= 0.6 is 0 Å². The molecule has 31 heavy (non-hydrogen) atoms. The van der Waals surface area contributed by atoms with Gasteiger partial charge in [-0.05, 0) is 56.7 Å². The lowest BCUT2D eigenvalue weighted by molar-refractivity contribution is -0.140. The van der Waals surface area contributed by atoms with Gasteiger partial charge in [-0.2, -0.15) is 0 Å². The van der Waals surface area contributed by atoms with Crippen molar-refractivity contribution in [3.63, 3.8) is 0 Å². The zero-order valence-electron chi connectivity index (χ0n) is 18.7. The van der Waals surface area contributed by atoms with Crippen LogP contribution in [0.15, 0.2) is 36.5 Å². The Labute approximate surface area is 183 Å². The van der Waals surface area contributed by atoms with Crippen molar-refractivity contribution in [2.45, 2.75) is 32.9 Å². The van der Waals surface area contributed by atoms with E-state index < -0.39 is 6.10 Å². The largest absolute Gasteiger partial charge is 0.493 e. The van der Waals surface area contributed by atoms with E-state index in [4.69, 9.17) is 9.47 Å². The summed E-state index contributed by atoms with van der Waals surface area (Å²) in [4.78, 5) is 33.4.